The number of nitrogens with zero attached hydrogens (tertiary/aromatic N) is 1. The van der Waals surface area contributed by atoms with Crippen LogP contribution in [0.5, 0.6) is 0 Å². The molecule has 0 aromatic carbocycles. The molecule has 0 aliphatic rings. The summed E-state index contributed by atoms with van der Waals surface area (Å²) in [5.74, 6) is -0.758. The first-order valence-corrected chi connectivity index (χ1v) is 6.52. The molecule has 1 unspecified atom stereocenters. The lowest BCUT2D eigenvalue weighted by molar-refractivity contribution is -0.143. The summed E-state index contributed by atoms with van der Waals surface area (Å²) in [6.07, 6.45) is 1.77. The van der Waals surface area contributed by atoms with Gasteiger partial charge in [0, 0.05) is 0 Å². The lowest BCUT2D eigenvalue weighted by Gasteiger charge is -2.18. The van der Waals surface area contributed by atoms with Crippen molar-refractivity contribution in [1.82, 2.24) is 10.3 Å². The van der Waals surface area contributed by atoms with Crippen molar-refractivity contribution in [3.8, 4) is 0 Å². The Morgan fingerprint density at radius 1 is 1.50 bits per heavy atom. The van der Waals surface area contributed by atoms with Crippen molar-refractivity contribution in [2.45, 2.75) is 26.3 Å². The fraction of sp³-hybridized carbons (Fsp3) is 0.462. The average molecular weight is 300 g/mol. The maximum atomic E-state index is 12.1. The Hall–Kier alpha value is -1.82. The minimum atomic E-state index is -0.723. The number of hydrogen-bond donors (Lipinski definition) is 2. The molecular weight excluding hydrogens is 282 g/mol. The first kappa shape index (κ1) is 16.2. The number of rotatable bonds is 5. The number of amides is 1. The van der Waals surface area contributed by atoms with Gasteiger partial charge in [-0.25, -0.2) is 9.78 Å². The van der Waals surface area contributed by atoms with E-state index in [9.17, 15) is 9.59 Å². The number of nitrogens with two attached hydrogens (primary N) is 1. The topological polar surface area (TPSA) is 94.3 Å². The minimum Gasteiger partial charge on any atom is -0.467 e. The van der Waals surface area contributed by atoms with Gasteiger partial charge in [-0.15, -0.1) is 0 Å². The third kappa shape index (κ3) is 4.38. The van der Waals surface area contributed by atoms with E-state index >= 15 is 0 Å². The second-order valence-corrected chi connectivity index (χ2v) is 5.16. The Kier molecular flexibility index (Phi) is 5.76. The van der Waals surface area contributed by atoms with Gasteiger partial charge in [0.25, 0.3) is 5.91 Å². The van der Waals surface area contributed by atoms with Crippen molar-refractivity contribution in [3.63, 3.8) is 0 Å². The maximum Gasteiger partial charge on any atom is 0.328 e. The van der Waals surface area contributed by atoms with E-state index in [2.05, 4.69) is 15.0 Å². The smallest absolute Gasteiger partial charge is 0.328 e. The maximum absolute atomic E-state index is 12.1. The minimum absolute atomic E-state index is 0.155. The van der Waals surface area contributed by atoms with Crippen LogP contribution in [0.4, 0.5) is 5.69 Å². The van der Waals surface area contributed by atoms with Gasteiger partial charge in [0.2, 0.25) is 0 Å². The number of methoxy groups -OCH3 is 1. The van der Waals surface area contributed by atoms with E-state index < -0.39 is 17.9 Å². The zero-order chi connectivity index (χ0) is 15.3. The summed E-state index contributed by atoms with van der Waals surface area (Å²) < 4.78 is 4.68. The van der Waals surface area contributed by atoms with E-state index in [1.54, 1.807) is 0 Å². The highest BCUT2D eigenvalue weighted by atomic mass is 35.5. The lowest BCUT2D eigenvalue weighted by Crippen LogP contribution is -2.42. The van der Waals surface area contributed by atoms with E-state index in [-0.39, 0.29) is 22.3 Å². The Balaban J connectivity index is 2.90. The second-order valence-electron chi connectivity index (χ2n) is 4.77. The van der Waals surface area contributed by atoms with Crippen LogP contribution in [-0.2, 0) is 9.53 Å². The number of hydrogen-bond acceptors (Lipinski definition) is 5. The third-order valence-corrected chi connectivity index (χ3v) is 2.85. The molecule has 3 N–H and O–H groups in total. The number of halogens is 1. The Bertz CT molecular complexity index is 506. The summed E-state index contributed by atoms with van der Waals surface area (Å²) in [5, 5.41) is 2.76. The van der Waals surface area contributed by atoms with Gasteiger partial charge in [0.05, 0.1) is 24.6 Å². The molecule has 0 aliphatic heterocycles. The van der Waals surface area contributed by atoms with E-state index in [1.807, 2.05) is 13.8 Å². The Labute approximate surface area is 122 Å². The Morgan fingerprint density at radius 3 is 2.70 bits per heavy atom. The molecule has 1 amide bonds. The van der Waals surface area contributed by atoms with Crippen LogP contribution in [0.2, 0.25) is 5.15 Å². The van der Waals surface area contributed by atoms with Gasteiger partial charge >= 0.3 is 5.97 Å². The molecule has 0 bridgehead atoms. The molecule has 0 fully saturated rings. The number of nitrogens with one attached hydrogen (secondary N) is 1. The summed E-state index contributed by atoms with van der Waals surface area (Å²) in [7, 11) is 1.28. The van der Waals surface area contributed by atoms with Gasteiger partial charge in [0.1, 0.15) is 11.2 Å². The quantitative estimate of drug-likeness (QED) is 0.636. The largest absolute Gasteiger partial charge is 0.467 e. The highest BCUT2D eigenvalue weighted by Crippen LogP contribution is 2.16. The number of esters is 1. The highest BCUT2D eigenvalue weighted by Gasteiger charge is 2.24. The van der Waals surface area contributed by atoms with Crippen LogP contribution in [0.3, 0.4) is 0 Å². The summed E-state index contributed by atoms with van der Waals surface area (Å²) >= 11 is 5.73. The first-order valence-electron chi connectivity index (χ1n) is 6.14. The van der Waals surface area contributed by atoms with Crippen molar-refractivity contribution >= 4 is 29.2 Å². The Morgan fingerprint density at radius 2 is 2.15 bits per heavy atom. The van der Waals surface area contributed by atoms with Gasteiger partial charge < -0.3 is 15.8 Å². The average Bonchev–Trinajstić information content (AvgIpc) is 2.39. The third-order valence-electron chi connectivity index (χ3n) is 2.64. The predicted octanol–water partition coefficient (Wildman–Crippen LogP) is 1.63. The standard InChI is InChI=1S/C13H18ClN3O3/c1-7(2)4-10(13(19)20-3)17-12(18)8-5-11(14)16-6-9(8)15/h5-7,10H,4,15H2,1-3H3,(H,17,18). The van der Waals surface area contributed by atoms with Crippen LogP contribution in [0.25, 0.3) is 0 Å². The number of carbonyl (C=O) groups excluding carboxylic acids is 2. The van der Waals surface area contributed by atoms with E-state index in [1.165, 1.54) is 19.4 Å². The van der Waals surface area contributed by atoms with Gasteiger partial charge in [-0.1, -0.05) is 25.4 Å². The van der Waals surface area contributed by atoms with E-state index in [0.29, 0.717) is 6.42 Å². The first-order chi connectivity index (χ1) is 9.35. The molecule has 1 heterocycles. The number of aromatic nitrogens is 1. The normalized spacial score (nSPS) is 12.1. The molecule has 0 saturated heterocycles. The molecule has 0 radical (unpaired) electrons. The van der Waals surface area contributed by atoms with Gasteiger partial charge in [0.15, 0.2) is 0 Å². The number of pyridine rings is 1. The van der Waals surface area contributed by atoms with Crippen molar-refractivity contribution in [1.29, 1.82) is 0 Å². The molecule has 1 aromatic heterocycles. The van der Waals surface area contributed by atoms with E-state index in [4.69, 9.17) is 17.3 Å². The fourth-order valence-electron chi connectivity index (χ4n) is 1.70. The number of nitrogen functional groups attached to an aromatic ring is 1. The summed E-state index contributed by atoms with van der Waals surface area (Å²) in [6.45, 7) is 3.89. The number of ether oxygens (including phenoxy) is 1. The van der Waals surface area contributed by atoms with Crippen molar-refractivity contribution in [3.05, 3.63) is 23.0 Å². The SMILES string of the molecule is COC(=O)C(CC(C)C)NC(=O)c1cc(Cl)ncc1N. The number of carbonyl (C=O) groups is 2. The van der Waals surface area contributed by atoms with Crippen molar-refractivity contribution in [2.24, 2.45) is 5.92 Å². The molecule has 1 atom stereocenters. The van der Waals surface area contributed by atoms with Gasteiger partial charge in [-0.05, 0) is 18.4 Å². The summed E-state index contributed by atoms with van der Waals surface area (Å²) in [4.78, 5) is 27.6. The fourth-order valence-corrected chi connectivity index (χ4v) is 1.86. The molecule has 1 rings (SSSR count). The molecule has 0 spiro atoms. The lowest BCUT2D eigenvalue weighted by atomic mass is 10.0. The van der Waals surface area contributed by atoms with Crippen LogP contribution in [0.1, 0.15) is 30.6 Å². The second kappa shape index (κ2) is 7.09. The van der Waals surface area contributed by atoms with Crippen LogP contribution in [-0.4, -0.2) is 30.0 Å². The van der Waals surface area contributed by atoms with Crippen LogP contribution in [0, 0.1) is 5.92 Å². The summed E-state index contributed by atoms with van der Waals surface area (Å²) in [5.41, 5.74) is 6.06. The van der Waals surface area contributed by atoms with Crippen LogP contribution >= 0.6 is 11.6 Å². The van der Waals surface area contributed by atoms with Crippen LogP contribution in [0.15, 0.2) is 12.3 Å². The zero-order valence-corrected chi connectivity index (χ0v) is 12.4. The molecule has 0 saturated carbocycles. The molecule has 0 aliphatic carbocycles. The molecule has 1 aromatic rings. The van der Waals surface area contributed by atoms with Gasteiger partial charge in [-0.2, -0.15) is 0 Å². The summed E-state index contributed by atoms with van der Waals surface area (Å²) in [6, 6.07) is 0.634. The van der Waals surface area contributed by atoms with Crippen molar-refractivity contribution in [2.75, 3.05) is 12.8 Å². The monoisotopic (exact) mass is 299 g/mol. The van der Waals surface area contributed by atoms with Crippen molar-refractivity contribution < 1.29 is 14.3 Å². The number of anilines is 1. The highest BCUT2D eigenvalue weighted by molar-refractivity contribution is 6.29. The molecule has 6 nitrogen and oxygen atoms in total. The predicted molar refractivity (Wildman–Crippen MR) is 76.4 cm³/mol. The zero-order valence-electron chi connectivity index (χ0n) is 11.6. The van der Waals surface area contributed by atoms with E-state index in [0.717, 1.165) is 0 Å². The van der Waals surface area contributed by atoms with Crippen LogP contribution < -0.4 is 11.1 Å². The van der Waals surface area contributed by atoms with Gasteiger partial charge in [-0.3, -0.25) is 4.79 Å². The molecule has 7 heteroatoms. The molecule has 110 valence electrons. The molecular formula is C13H18ClN3O3. The molecule has 20 heavy (non-hydrogen) atoms.